The SMILES string of the molecule is Nc1ccn([C@@H]2O[C@](F)(CO)[C@@H](O)[C@H]2O)c(=O)n1. The molecule has 1 aliphatic heterocycles. The van der Waals surface area contributed by atoms with E-state index in [1.165, 1.54) is 6.07 Å². The summed E-state index contributed by atoms with van der Waals surface area (Å²) in [6, 6.07) is 1.25. The van der Waals surface area contributed by atoms with Crippen LogP contribution in [0.15, 0.2) is 17.1 Å². The van der Waals surface area contributed by atoms with E-state index in [-0.39, 0.29) is 5.82 Å². The van der Waals surface area contributed by atoms with Crippen molar-refractivity contribution in [2.75, 3.05) is 12.3 Å². The number of nitrogens with two attached hydrogens (primary N) is 1. The molecule has 1 fully saturated rings. The number of ether oxygens (including phenoxy) is 1. The van der Waals surface area contributed by atoms with Gasteiger partial charge in [0.15, 0.2) is 6.23 Å². The maximum atomic E-state index is 13.8. The number of anilines is 1. The lowest BCUT2D eigenvalue weighted by Gasteiger charge is -2.19. The minimum absolute atomic E-state index is 0.0436. The second-order valence-corrected chi connectivity index (χ2v) is 3.93. The average Bonchev–Trinajstić information content (AvgIpc) is 2.55. The van der Waals surface area contributed by atoms with Crippen LogP contribution in [0.3, 0.4) is 0 Å². The van der Waals surface area contributed by atoms with Crippen LogP contribution in [0.5, 0.6) is 0 Å². The van der Waals surface area contributed by atoms with E-state index >= 15 is 0 Å². The molecular weight excluding hydrogens is 249 g/mol. The van der Waals surface area contributed by atoms with Gasteiger partial charge in [-0.05, 0) is 6.07 Å². The molecule has 5 N–H and O–H groups in total. The van der Waals surface area contributed by atoms with Gasteiger partial charge in [-0.3, -0.25) is 4.57 Å². The highest BCUT2D eigenvalue weighted by atomic mass is 19.2. The maximum absolute atomic E-state index is 13.8. The monoisotopic (exact) mass is 261 g/mol. The number of nitrogens with zero attached hydrogens (tertiary/aromatic N) is 2. The van der Waals surface area contributed by atoms with Gasteiger partial charge >= 0.3 is 5.69 Å². The predicted octanol–water partition coefficient (Wildman–Crippen LogP) is -2.27. The van der Waals surface area contributed by atoms with Crippen LogP contribution in [0.25, 0.3) is 0 Å². The summed E-state index contributed by atoms with van der Waals surface area (Å²) in [6.45, 7) is -1.15. The summed E-state index contributed by atoms with van der Waals surface area (Å²) in [6.07, 6.45) is -4.03. The van der Waals surface area contributed by atoms with Crippen molar-refractivity contribution in [2.45, 2.75) is 24.3 Å². The molecule has 1 aromatic heterocycles. The van der Waals surface area contributed by atoms with Gasteiger partial charge < -0.3 is 25.8 Å². The number of aliphatic hydroxyl groups is 3. The fourth-order valence-electron chi connectivity index (χ4n) is 1.72. The zero-order chi connectivity index (χ0) is 13.5. The van der Waals surface area contributed by atoms with Gasteiger partial charge in [0.1, 0.15) is 24.6 Å². The fraction of sp³-hybridized carbons (Fsp3) is 0.556. The third-order valence-corrected chi connectivity index (χ3v) is 2.72. The topological polar surface area (TPSA) is 131 Å². The molecule has 0 unspecified atom stereocenters. The van der Waals surface area contributed by atoms with Crippen molar-refractivity contribution in [3.05, 3.63) is 22.7 Å². The van der Waals surface area contributed by atoms with Gasteiger partial charge in [0.05, 0.1) is 0 Å². The standard InChI is InChI=1S/C9H12FN3O5/c10-9(3-14)6(16)5(15)7(18-9)13-2-1-4(11)12-8(13)17/h1-2,5-7,14-16H,3H2,(H2,11,12,17)/t5-,6+,7-,9-/m1/s1. The molecule has 0 amide bonds. The number of hydrogen-bond donors (Lipinski definition) is 4. The minimum atomic E-state index is -2.83. The van der Waals surface area contributed by atoms with Gasteiger partial charge in [-0.15, -0.1) is 0 Å². The van der Waals surface area contributed by atoms with E-state index in [1.807, 2.05) is 0 Å². The Labute approximate surface area is 100 Å². The summed E-state index contributed by atoms with van der Waals surface area (Å²) in [7, 11) is 0. The second-order valence-electron chi connectivity index (χ2n) is 3.93. The summed E-state index contributed by atoms with van der Waals surface area (Å²) in [4.78, 5) is 14.9. The fourth-order valence-corrected chi connectivity index (χ4v) is 1.72. The number of halogens is 1. The Hall–Kier alpha value is -1.55. The van der Waals surface area contributed by atoms with Crippen molar-refractivity contribution in [1.82, 2.24) is 9.55 Å². The molecule has 100 valence electrons. The molecule has 9 heteroatoms. The van der Waals surface area contributed by atoms with Gasteiger partial charge in [-0.2, -0.15) is 4.98 Å². The first-order valence-electron chi connectivity index (χ1n) is 5.07. The maximum Gasteiger partial charge on any atom is 0.351 e. The molecule has 0 saturated carbocycles. The van der Waals surface area contributed by atoms with Crippen LogP contribution < -0.4 is 11.4 Å². The van der Waals surface area contributed by atoms with Crippen LogP contribution in [-0.4, -0.2) is 49.5 Å². The largest absolute Gasteiger partial charge is 0.390 e. The highest BCUT2D eigenvalue weighted by molar-refractivity contribution is 5.23. The number of nitrogen functional groups attached to an aromatic ring is 1. The lowest BCUT2D eigenvalue weighted by Crippen LogP contribution is -2.42. The zero-order valence-electron chi connectivity index (χ0n) is 9.10. The number of aromatic nitrogens is 2. The summed E-state index contributed by atoms with van der Waals surface area (Å²) >= 11 is 0. The number of rotatable bonds is 2. The first-order chi connectivity index (χ1) is 8.39. The molecule has 0 aromatic carbocycles. The van der Waals surface area contributed by atoms with Crippen molar-refractivity contribution < 1.29 is 24.4 Å². The van der Waals surface area contributed by atoms with Gasteiger partial charge in [0.2, 0.25) is 0 Å². The Morgan fingerprint density at radius 2 is 2.28 bits per heavy atom. The van der Waals surface area contributed by atoms with E-state index < -0.39 is 36.6 Å². The van der Waals surface area contributed by atoms with Crippen LogP contribution in [0.2, 0.25) is 0 Å². The quantitative estimate of drug-likeness (QED) is 0.472. The third kappa shape index (κ3) is 1.86. The van der Waals surface area contributed by atoms with E-state index in [4.69, 9.17) is 15.6 Å². The summed E-state index contributed by atoms with van der Waals surface area (Å²) in [5.41, 5.74) is 4.41. The highest BCUT2D eigenvalue weighted by Gasteiger charge is 2.55. The van der Waals surface area contributed by atoms with Crippen LogP contribution in [0.1, 0.15) is 6.23 Å². The van der Waals surface area contributed by atoms with Crippen molar-refractivity contribution in [3.8, 4) is 0 Å². The molecule has 0 spiro atoms. The number of hydrogen-bond acceptors (Lipinski definition) is 7. The molecule has 1 aromatic rings. The van der Waals surface area contributed by atoms with E-state index in [1.54, 1.807) is 0 Å². The third-order valence-electron chi connectivity index (χ3n) is 2.72. The van der Waals surface area contributed by atoms with Gasteiger partial charge in [-0.1, -0.05) is 0 Å². The highest BCUT2D eigenvalue weighted by Crippen LogP contribution is 2.37. The first kappa shape index (κ1) is 12.9. The Morgan fingerprint density at radius 3 is 2.78 bits per heavy atom. The van der Waals surface area contributed by atoms with Crippen molar-refractivity contribution in [3.63, 3.8) is 0 Å². The summed E-state index contributed by atoms with van der Waals surface area (Å²) in [5.74, 6) is -2.87. The molecule has 0 bridgehead atoms. The minimum Gasteiger partial charge on any atom is -0.390 e. The number of aliphatic hydroxyl groups excluding tert-OH is 3. The van der Waals surface area contributed by atoms with Crippen molar-refractivity contribution >= 4 is 5.82 Å². The van der Waals surface area contributed by atoms with Gasteiger partial charge in [0, 0.05) is 6.20 Å². The van der Waals surface area contributed by atoms with Crippen LogP contribution >= 0.6 is 0 Å². The molecule has 4 atom stereocenters. The zero-order valence-corrected chi connectivity index (χ0v) is 9.10. The van der Waals surface area contributed by atoms with E-state index in [0.29, 0.717) is 0 Å². The van der Waals surface area contributed by atoms with Crippen molar-refractivity contribution in [2.24, 2.45) is 0 Å². The predicted molar refractivity (Wildman–Crippen MR) is 56.0 cm³/mol. The van der Waals surface area contributed by atoms with Gasteiger partial charge in [0.25, 0.3) is 5.85 Å². The van der Waals surface area contributed by atoms with E-state index in [2.05, 4.69) is 4.98 Å². The molecular formula is C9H12FN3O5. The van der Waals surface area contributed by atoms with Crippen molar-refractivity contribution in [1.29, 1.82) is 0 Å². The molecule has 0 aliphatic carbocycles. The molecule has 2 heterocycles. The molecule has 0 radical (unpaired) electrons. The summed E-state index contributed by atoms with van der Waals surface area (Å²) < 4.78 is 19.3. The normalized spacial score (nSPS) is 35.9. The Kier molecular flexibility index (Phi) is 3.07. The molecule has 2 rings (SSSR count). The lowest BCUT2D eigenvalue weighted by atomic mass is 10.1. The van der Waals surface area contributed by atoms with Crippen LogP contribution in [0, 0.1) is 0 Å². The van der Waals surface area contributed by atoms with Crippen LogP contribution in [0.4, 0.5) is 10.2 Å². The molecule has 1 saturated heterocycles. The molecule has 1 aliphatic rings. The summed E-state index contributed by atoms with van der Waals surface area (Å²) in [5, 5.41) is 27.8. The van der Waals surface area contributed by atoms with Gasteiger partial charge in [-0.25, -0.2) is 9.18 Å². The first-order valence-corrected chi connectivity index (χ1v) is 5.07. The smallest absolute Gasteiger partial charge is 0.351 e. The lowest BCUT2D eigenvalue weighted by molar-refractivity contribution is -0.207. The Balaban J connectivity index is 2.38. The van der Waals surface area contributed by atoms with E-state index in [9.17, 15) is 19.4 Å². The average molecular weight is 261 g/mol. The van der Waals surface area contributed by atoms with E-state index in [0.717, 1.165) is 10.8 Å². The Morgan fingerprint density at radius 1 is 1.61 bits per heavy atom. The molecule has 18 heavy (non-hydrogen) atoms. The van der Waals surface area contributed by atoms with Crippen LogP contribution in [-0.2, 0) is 4.74 Å². The Bertz CT molecular complexity index is 509. The second kappa shape index (κ2) is 4.28. The number of alkyl halides is 1. The molecule has 8 nitrogen and oxygen atoms in total.